The van der Waals surface area contributed by atoms with Crippen LogP contribution in [0.4, 0.5) is 0 Å². The van der Waals surface area contributed by atoms with Gasteiger partial charge in [-0.25, -0.2) is 0 Å². The van der Waals surface area contributed by atoms with Crippen LogP contribution in [0, 0.1) is 26.2 Å². The molecule has 1 aromatic heterocycles. The zero-order valence-corrected chi connectivity index (χ0v) is 18.3. The standard InChI is InChI=1S/C27H34N/c1-18-8-7-9-24(20(18)3)26-25-11-10-22(17-23(25)16-19(2)28(26)6)21-12-14-27(4,5)15-13-21/h7-11,16-17,21H,12-15H2,1-6H3/q+1/i16D. The molecule has 4 rings (SSSR count). The summed E-state index contributed by atoms with van der Waals surface area (Å²) in [6.07, 6.45) is 5.10. The number of rotatable bonds is 2. The first-order valence-electron chi connectivity index (χ1n) is 11.2. The van der Waals surface area contributed by atoms with E-state index in [0.29, 0.717) is 17.4 Å². The van der Waals surface area contributed by atoms with Gasteiger partial charge in [0.25, 0.3) is 0 Å². The van der Waals surface area contributed by atoms with Crippen molar-refractivity contribution in [3.05, 3.63) is 64.8 Å². The van der Waals surface area contributed by atoms with Gasteiger partial charge in [0.1, 0.15) is 7.05 Å². The molecule has 0 saturated heterocycles. The van der Waals surface area contributed by atoms with E-state index in [2.05, 4.69) is 82.6 Å². The minimum absolute atomic E-state index is 0.480. The molecule has 1 heterocycles. The minimum atomic E-state index is 0.480. The Bertz CT molecular complexity index is 1080. The molecule has 0 N–H and O–H groups in total. The average Bonchev–Trinajstić information content (AvgIpc) is 2.69. The Labute approximate surface area is 171 Å². The van der Waals surface area contributed by atoms with E-state index >= 15 is 0 Å². The second-order valence-corrected chi connectivity index (χ2v) is 9.61. The molecule has 28 heavy (non-hydrogen) atoms. The highest BCUT2D eigenvalue weighted by molar-refractivity contribution is 5.94. The van der Waals surface area contributed by atoms with Crippen LogP contribution >= 0.6 is 0 Å². The van der Waals surface area contributed by atoms with Gasteiger partial charge in [-0.05, 0) is 85.1 Å². The lowest BCUT2D eigenvalue weighted by atomic mass is 9.71. The first-order valence-corrected chi connectivity index (χ1v) is 10.7. The fraction of sp³-hybridized carbons (Fsp3) is 0.444. The summed E-state index contributed by atoms with van der Waals surface area (Å²) in [7, 11) is 2.10. The van der Waals surface area contributed by atoms with E-state index in [1.54, 1.807) is 0 Å². The van der Waals surface area contributed by atoms with Crippen molar-refractivity contribution in [1.82, 2.24) is 0 Å². The van der Waals surface area contributed by atoms with Crippen LogP contribution in [0.3, 0.4) is 0 Å². The van der Waals surface area contributed by atoms with Crippen molar-refractivity contribution in [2.45, 2.75) is 66.2 Å². The summed E-state index contributed by atoms with van der Waals surface area (Å²) in [6, 6.07) is 14.1. The fourth-order valence-corrected chi connectivity index (χ4v) is 4.82. The Morgan fingerprint density at radius 1 is 1.04 bits per heavy atom. The number of hydrogen-bond acceptors (Lipinski definition) is 0. The third kappa shape index (κ3) is 3.36. The third-order valence-corrected chi connectivity index (χ3v) is 7.12. The van der Waals surface area contributed by atoms with Crippen LogP contribution in [-0.2, 0) is 7.05 Å². The van der Waals surface area contributed by atoms with Gasteiger partial charge in [-0.2, -0.15) is 4.57 Å². The van der Waals surface area contributed by atoms with E-state index in [0.717, 1.165) is 11.1 Å². The smallest absolute Gasteiger partial charge is 0.198 e. The van der Waals surface area contributed by atoms with E-state index < -0.39 is 0 Å². The highest BCUT2D eigenvalue weighted by Gasteiger charge is 2.28. The maximum Gasteiger partial charge on any atom is 0.220 e. The molecule has 0 unspecified atom stereocenters. The van der Waals surface area contributed by atoms with Crippen LogP contribution < -0.4 is 4.57 Å². The van der Waals surface area contributed by atoms with E-state index in [9.17, 15) is 0 Å². The molecule has 1 nitrogen and oxygen atoms in total. The zero-order valence-electron chi connectivity index (χ0n) is 19.3. The summed E-state index contributed by atoms with van der Waals surface area (Å²) in [5.41, 5.74) is 8.05. The Kier molecular flexibility index (Phi) is 4.50. The number of aromatic nitrogens is 1. The summed E-state index contributed by atoms with van der Waals surface area (Å²) < 4.78 is 11.0. The Morgan fingerprint density at radius 2 is 1.75 bits per heavy atom. The van der Waals surface area contributed by atoms with Gasteiger partial charge in [0.05, 0.1) is 6.76 Å². The van der Waals surface area contributed by atoms with Crippen LogP contribution in [0.25, 0.3) is 22.0 Å². The molecule has 0 aliphatic heterocycles. The Balaban J connectivity index is 1.89. The van der Waals surface area contributed by atoms with Gasteiger partial charge < -0.3 is 0 Å². The van der Waals surface area contributed by atoms with Crippen LogP contribution in [0.15, 0.2) is 42.4 Å². The second-order valence-electron chi connectivity index (χ2n) is 9.61. The monoisotopic (exact) mass is 373 g/mol. The highest BCUT2D eigenvalue weighted by Crippen LogP contribution is 2.43. The topological polar surface area (TPSA) is 3.88 Å². The van der Waals surface area contributed by atoms with Gasteiger partial charge in [0, 0.05) is 18.5 Å². The number of fused-ring (bicyclic) bond motifs is 1. The summed E-state index contributed by atoms with van der Waals surface area (Å²) >= 11 is 0. The van der Waals surface area contributed by atoms with Crippen LogP contribution in [-0.4, -0.2) is 0 Å². The first kappa shape index (κ1) is 17.9. The van der Waals surface area contributed by atoms with Gasteiger partial charge in [-0.15, -0.1) is 0 Å². The van der Waals surface area contributed by atoms with E-state index in [-0.39, 0.29) is 0 Å². The van der Waals surface area contributed by atoms with Gasteiger partial charge in [0.2, 0.25) is 5.69 Å². The summed E-state index contributed by atoms with van der Waals surface area (Å²) in [4.78, 5) is 0. The lowest BCUT2D eigenvalue weighted by Crippen LogP contribution is -2.35. The molecule has 1 heteroatoms. The molecular weight excluding hydrogens is 338 g/mol. The van der Waals surface area contributed by atoms with Crippen molar-refractivity contribution in [2.75, 3.05) is 0 Å². The second kappa shape index (κ2) is 7.03. The van der Waals surface area contributed by atoms with Crippen LogP contribution in [0.5, 0.6) is 0 Å². The number of hydrogen-bond donors (Lipinski definition) is 0. The molecule has 0 spiro atoms. The molecule has 146 valence electrons. The molecule has 0 amide bonds. The molecule has 1 saturated carbocycles. The maximum absolute atomic E-state index is 8.84. The van der Waals surface area contributed by atoms with Crippen LogP contribution in [0.2, 0.25) is 0 Å². The molecule has 3 aromatic rings. The van der Waals surface area contributed by atoms with Crippen molar-refractivity contribution in [3.8, 4) is 11.3 Å². The SMILES string of the molecule is [2H]c1c(C)[n+](C)c(-c2cccc(C)c2C)c2ccc(C3CCC(C)(C)CC3)cc12. The van der Waals surface area contributed by atoms with Gasteiger partial charge in [0.15, 0.2) is 5.69 Å². The molecule has 1 fully saturated rings. The number of pyridine rings is 1. The predicted octanol–water partition coefficient (Wildman–Crippen LogP) is 6.94. The van der Waals surface area contributed by atoms with E-state index in [1.165, 1.54) is 59.0 Å². The lowest BCUT2D eigenvalue weighted by molar-refractivity contribution is -0.665. The number of benzene rings is 2. The molecule has 0 bridgehead atoms. The maximum atomic E-state index is 8.84. The number of aryl methyl sites for hydroxylation is 1. The Morgan fingerprint density at radius 3 is 2.46 bits per heavy atom. The third-order valence-electron chi connectivity index (χ3n) is 7.12. The highest BCUT2D eigenvalue weighted by atomic mass is 14.9. The average molecular weight is 374 g/mol. The summed E-state index contributed by atoms with van der Waals surface area (Å²) in [6.45, 7) is 11.2. The lowest BCUT2D eigenvalue weighted by Gasteiger charge is -2.34. The van der Waals surface area contributed by atoms with Gasteiger partial charge in [-0.3, -0.25) is 0 Å². The van der Waals surface area contributed by atoms with E-state index in [4.69, 9.17) is 1.37 Å². The largest absolute Gasteiger partial charge is 0.220 e. The molecule has 0 radical (unpaired) electrons. The fourth-order valence-electron chi connectivity index (χ4n) is 4.82. The van der Waals surface area contributed by atoms with Crippen molar-refractivity contribution in [3.63, 3.8) is 0 Å². The molecular formula is C27H34N+. The minimum Gasteiger partial charge on any atom is -0.198 e. The molecule has 1 aliphatic rings. The van der Waals surface area contributed by atoms with Crippen molar-refractivity contribution in [1.29, 1.82) is 0 Å². The Hall–Kier alpha value is -2.15. The predicted molar refractivity (Wildman–Crippen MR) is 120 cm³/mol. The van der Waals surface area contributed by atoms with Crippen molar-refractivity contribution in [2.24, 2.45) is 12.5 Å². The summed E-state index contributed by atoms with van der Waals surface area (Å²) in [5, 5.41) is 2.29. The van der Waals surface area contributed by atoms with Gasteiger partial charge >= 0.3 is 0 Å². The molecule has 2 aromatic carbocycles. The normalized spacial score (nSPS) is 17.7. The van der Waals surface area contributed by atoms with Crippen LogP contribution in [0.1, 0.15) is 69.2 Å². The number of nitrogens with zero attached hydrogens (tertiary/aromatic N) is 1. The molecule has 1 aliphatic carbocycles. The van der Waals surface area contributed by atoms with Crippen molar-refractivity contribution < 1.29 is 5.94 Å². The first-order chi connectivity index (χ1) is 13.7. The van der Waals surface area contributed by atoms with Crippen molar-refractivity contribution >= 4 is 10.8 Å². The zero-order chi connectivity index (χ0) is 20.9. The molecule has 0 atom stereocenters. The van der Waals surface area contributed by atoms with Gasteiger partial charge in [-0.1, -0.05) is 38.1 Å². The van der Waals surface area contributed by atoms with E-state index in [1.807, 2.05) is 0 Å². The quantitative estimate of drug-likeness (QED) is 0.428. The summed E-state index contributed by atoms with van der Waals surface area (Å²) in [5.74, 6) is 0.630.